The Bertz CT molecular complexity index is 410. The molecule has 0 heterocycles. The number of carboxylic acid groups (broad SMARTS) is 1. The van der Waals surface area contributed by atoms with Crippen LogP contribution in [0.2, 0.25) is 0 Å². The monoisotopic (exact) mass is 222 g/mol. The van der Waals surface area contributed by atoms with Gasteiger partial charge in [0.15, 0.2) is 0 Å². The number of alkyl halides is 1. The number of carbonyl (C=O) groups is 1. The molecule has 3 heteroatoms. The molecule has 1 saturated carbocycles. The molecule has 1 aromatic rings. The third-order valence-electron chi connectivity index (χ3n) is 3.49. The van der Waals surface area contributed by atoms with Crippen LogP contribution in [-0.2, 0) is 4.79 Å². The van der Waals surface area contributed by atoms with Crippen LogP contribution in [-0.4, -0.2) is 11.1 Å². The van der Waals surface area contributed by atoms with Gasteiger partial charge >= 0.3 is 5.97 Å². The highest BCUT2D eigenvalue weighted by Crippen LogP contribution is 2.52. The van der Waals surface area contributed by atoms with Crippen molar-refractivity contribution in [1.29, 1.82) is 0 Å². The fraction of sp³-hybridized carbons (Fsp3) is 0.462. The third-order valence-corrected chi connectivity index (χ3v) is 3.49. The highest BCUT2D eigenvalue weighted by molar-refractivity contribution is 5.77. The van der Waals surface area contributed by atoms with Gasteiger partial charge in [0.2, 0.25) is 0 Å². The predicted octanol–water partition coefficient (Wildman–Crippen LogP) is 3.26. The Morgan fingerprint density at radius 2 is 2.19 bits per heavy atom. The molecule has 0 spiro atoms. The molecule has 2 nitrogen and oxygen atoms in total. The maximum absolute atomic E-state index is 14.3. The number of aliphatic carboxylic acids is 1. The van der Waals surface area contributed by atoms with Crippen LogP contribution in [0.3, 0.4) is 0 Å². The van der Waals surface area contributed by atoms with Gasteiger partial charge in [0.25, 0.3) is 0 Å². The summed E-state index contributed by atoms with van der Waals surface area (Å²) in [5.74, 6) is -1.01. The number of carboxylic acids is 1. The van der Waals surface area contributed by atoms with Gasteiger partial charge in [0.1, 0.15) is 11.6 Å². The van der Waals surface area contributed by atoms with Gasteiger partial charge in [0.05, 0.1) is 0 Å². The Morgan fingerprint density at radius 1 is 1.50 bits per heavy atom. The molecular weight excluding hydrogens is 207 g/mol. The molecular formula is C13H15FO2. The van der Waals surface area contributed by atoms with Gasteiger partial charge in [-0.05, 0) is 25.3 Å². The average Bonchev–Trinajstić information content (AvgIpc) is 2.15. The SMILES string of the molecule is Cc1cccc(C(F)C2(C(=O)O)CCC2)c1. The second kappa shape index (κ2) is 3.89. The molecule has 86 valence electrons. The van der Waals surface area contributed by atoms with E-state index in [0.717, 1.165) is 12.0 Å². The average molecular weight is 222 g/mol. The summed E-state index contributed by atoms with van der Waals surface area (Å²) < 4.78 is 14.3. The van der Waals surface area contributed by atoms with E-state index in [1.165, 1.54) is 0 Å². The fourth-order valence-corrected chi connectivity index (χ4v) is 2.28. The minimum absolute atomic E-state index is 0.442. The van der Waals surface area contributed by atoms with Gasteiger partial charge in [-0.3, -0.25) is 4.79 Å². The van der Waals surface area contributed by atoms with Crippen molar-refractivity contribution in [1.82, 2.24) is 0 Å². The lowest BCUT2D eigenvalue weighted by Crippen LogP contribution is -2.41. The molecule has 1 atom stereocenters. The Morgan fingerprint density at radius 3 is 2.62 bits per heavy atom. The van der Waals surface area contributed by atoms with Crippen molar-refractivity contribution in [2.45, 2.75) is 32.4 Å². The first-order valence-corrected chi connectivity index (χ1v) is 5.50. The molecule has 1 aliphatic rings. The highest BCUT2D eigenvalue weighted by atomic mass is 19.1. The summed E-state index contributed by atoms with van der Waals surface area (Å²) in [7, 11) is 0. The van der Waals surface area contributed by atoms with E-state index in [0.29, 0.717) is 18.4 Å². The molecule has 1 unspecified atom stereocenters. The van der Waals surface area contributed by atoms with E-state index in [1.807, 2.05) is 13.0 Å². The number of aryl methyl sites for hydroxylation is 1. The first kappa shape index (κ1) is 11.1. The minimum Gasteiger partial charge on any atom is -0.481 e. The fourth-order valence-electron chi connectivity index (χ4n) is 2.28. The van der Waals surface area contributed by atoms with Crippen LogP contribution in [0.4, 0.5) is 4.39 Å². The van der Waals surface area contributed by atoms with Gasteiger partial charge < -0.3 is 5.11 Å². The maximum atomic E-state index is 14.3. The van der Waals surface area contributed by atoms with E-state index in [1.54, 1.807) is 18.2 Å². The van der Waals surface area contributed by atoms with Gasteiger partial charge in [-0.25, -0.2) is 4.39 Å². The third kappa shape index (κ3) is 1.60. The van der Waals surface area contributed by atoms with Crippen LogP contribution in [0, 0.1) is 12.3 Å². The lowest BCUT2D eigenvalue weighted by Gasteiger charge is -2.40. The largest absolute Gasteiger partial charge is 0.481 e. The Kier molecular flexibility index (Phi) is 2.70. The smallest absolute Gasteiger partial charge is 0.312 e. The Balaban J connectivity index is 2.30. The number of halogens is 1. The van der Waals surface area contributed by atoms with Gasteiger partial charge in [-0.15, -0.1) is 0 Å². The lowest BCUT2D eigenvalue weighted by molar-refractivity contribution is -0.161. The molecule has 0 amide bonds. The summed E-state index contributed by atoms with van der Waals surface area (Å²) in [5.41, 5.74) is 0.274. The van der Waals surface area contributed by atoms with Gasteiger partial charge in [-0.2, -0.15) is 0 Å². The Hall–Kier alpha value is -1.38. The number of hydrogen-bond acceptors (Lipinski definition) is 1. The Labute approximate surface area is 94.1 Å². The van der Waals surface area contributed by atoms with E-state index in [2.05, 4.69) is 0 Å². The molecule has 0 saturated heterocycles. The van der Waals surface area contributed by atoms with Crippen LogP contribution < -0.4 is 0 Å². The molecule has 0 radical (unpaired) electrons. The molecule has 0 aliphatic heterocycles. The quantitative estimate of drug-likeness (QED) is 0.852. The number of hydrogen-bond donors (Lipinski definition) is 1. The highest BCUT2D eigenvalue weighted by Gasteiger charge is 2.51. The van der Waals surface area contributed by atoms with Gasteiger partial charge in [-0.1, -0.05) is 36.2 Å². The normalized spacial score (nSPS) is 19.9. The molecule has 16 heavy (non-hydrogen) atoms. The van der Waals surface area contributed by atoms with Crippen molar-refractivity contribution in [3.63, 3.8) is 0 Å². The molecule has 0 bridgehead atoms. The zero-order chi connectivity index (χ0) is 11.8. The number of benzene rings is 1. The van der Waals surface area contributed by atoms with Crippen molar-refractivity contribution < 1.29 is 14.3 Å². The minimum atomic E-state index is -1.39. The van der Waals surface area contributed by atoms with Crippen molar-refractivity contribution in [3.05, 3.63) is 35.4 Å². The van der Waals surface area contributed by atoms with Crippen molar-refractivity contribution in [2.75, 3.05) is 0 Å². The van der Waals surface area contributed by atoms with Crippen LogP contribution >= 0.6 is 0 Å². The van der Waals surface area contributed by atoms with Crippen LogP contribution in [0.25, 0.3) is 0 Å². The number of rotatable bonds is 3. The van der Waals surface area contributed by atoms with Gasteiger partial charge in [0, 0.05) is 0 Å². The summed E-state index contributed by atoms with van der Waals surface area (Å²) in [6, 6.07) is 7.05. The molecule has 1 aliphatic carbocycles. The first-order valence-electron chi connectivity index (χ1n) is 5.50. The van der Waals surface area contributed by atoms with Crippen molar-refractivity contribution >= 4 is 5.97 Å². The van der Waals surface area contributed by atoms with Crippen LogP contribution in [0.5, 0.6) is 0 Å². The van der Waals surface area contributed by atoms with Crippen molar-refractivity contribution in [3.8, 4) is 0 Å². The maximum Gasteiger partial charge on any atom is 0.312 e. The molecule has 1 aromatic carbocycles. The van der Waals surface area contributed by atoms with Crippen LogP contribution in [0.15, 0.2) is 24.3 Å². The topological polar surface area (TPSA) is 37.3 Å². The second-order valence-corrected chi connectivity index (χ2v) is 4.59. The molecule has 1 fully saturated rings. The summed E-state index contributed by atoms with van der Waals surface area (Å²) in [5, 5.41) is 9.14. The molecule has 2 rings (SSSR count). The van der Waals surface area contributed by atoms with E-state index in [4.69, 9.17) is 5.11 Å². The summed E-state index contributed by atoms with van der Waals surface area (Å²) in [6.07, 6.45) is 0.298. The summed E-state index contributed by atoms with van der Waals surface area (Å²) >= 11 is 0. The van der Waals surface area contributed by atoms with Crippen LogP contribution in [0.1, 0.15) is 36.6 Å². The van der Waals surface area contributed by atoms with Crippen molar-refractivity contribution in [2.24, 2.45) is 5.41 Å². The zero-order valence-electron chi connectivity index (χ0n) is 9.24. The van der Waals surface area contributed by atoms with E-state index in [9.17, 15) is 9.18 Å². The lowest BCUT2D eigenvalue weighted by atomic mass is 9.64. The zero-order valence-corrected chi connectivity index (χ0v) is 9.24. The summed E-state index contributed by atoms with van der Waals surface area (Å²) in [4.78, 5) is 11.2. The molecule has 1 N–H and O–H groups in total. The predicted molar refractivity (Wildman–Crippen MR) is 58.9 cm³/mol. The van der Waals surface area contributed by atoms with E-state index in [-0.39, 0.29) is 0 Å². The second-order valence-electron chi connectivity index (χ2n) is 4.59. The van der Waals surface area contributed by atoms with E-state index < -0.39 is 17.6 Å². The first-order chi connectivity index (χ1) is 7.56. The standard InChI is InChI=1S/C13H15FO2/c1-9-4-2-5-10(8-9)11(14)13(12(15)16)6-3-7-13/h2,4-5,8,11H,3,6-7H2,1H3,(H,15,16). The van der Waals surface area contributed by atoms with E-state index >= 15 is 0 Å². The summed E-state index contributed by atoms with van der Waals surface area (Å²) in [6.45, 7) is 1.88. The molecule has 0 aromatic heterocycles.